The predicted molar refractivity (Wildman–Crippen MR) is 78.7 cm³/mol. The number of rotatable bonds is 5. The van der Waals surface area contributed by atoms with Gasteiger partial charge in [0.1, 0.15) is 6.04 Å². The number of hydrogen-bond donors (Lipinski definition) is 1. The molecule has 0 amide bonds. The molecule has 1 unspecified atom stereocenters. The van der Waals surface area contributed by atoms with Gasteiger partial charge in [-0.1, -0.05) is 26.0 Å². The van der Waals surface area contributed by atoms with Crippen molar-refractivity contribution in [3.63, 3.8) is 0 Å². The first-order valence-corrected chi connectivity index (χ1v) is 7.14. The number of carbonyl (C=O) groups is 1. The minimum absolute atomic E-state index is 0.215. The summed E-state index contributed by atoms with van der Waals surface area (Å²) in [5.41, 5.74) is 3.45. The van der Waals surface area contributed by atoms with Crippen molar-refractivity contribution in [2.45, 2.75) is 39.3 Å². The van der Waals surface area contributed by atoms with Crippen molar-refractivity contribution >= 4 is 11.7 Å². The highest BCUT2D eigenvalue weighted by molar-refractivity contribution is 5.79. The number of carbonyl (C=O) groups excluding carboxylic acids is 1. The summed E-state index contributed by atoms with van der Waals surface area (Å²) < 4.78 is 10.4. The van der Waals surface area contributed by atoms with E-state index in [1.165, 1.54) is 12.7 Å². The average Bonchev–Trinajstić information content (AvgIpc) is 2.45. The van der Waals surface area contributed by atoms with Crippen molar-refractivity contribution < 1.29 is 14.3 Å². The van der Waals surface area contributed by atoms with Gasteiger partial charge in [0.25, 0.3) is 0 Å². The first-order valence-electron chi connectivity index (χ1n) is 7.14. The van der Waals surface area contributed by atoms with E-state index in [1.54, 1.807) is 0 Å². The summed E-state index contributed by atoms with van der Waals surface area (Å²) in [6.45, 7) is 5.57. The van der Waals surface area contributed by atoms with Crippen LogP contribution in [0.15, 0.2) is 18.2 Å². The number of methoxy groups -OCH3 is 1. The van der Waals surface area contributed by atoms with Gasteiger partial charge in [0, 0.05) is 11.3 Å². The van der Waals surface area contributed by atoms with Crippen LogP contribution >= 0.6 is 0 Å². The zero-order valence-electron chi connectivity index (χ0n) is 12.4. The maximum atomic E-state index is 11.9. The molecule has 0 saturated carbocycles. The number of ether oxygens (including phenoxy) is 2. The quantitative estimate of drug-likeness (QED) is 0.841. The van der Waals surface area contributed by atoms with Crippen LogP contribution in [0.4, 0.5) is 5.69 Å². The highest BCUT2D eigenvalue weighted by atomic mass is 16.5. The number of hydrogen-bond acceptors (Lipinski definition) is 4. The van der Waals surface area contributed by atoms with E-state index in [2.05, 4.69) is 25.2 Å². The van der Waals surface area contributed by atoms with Crippen LogP contribution in [0.1, 0.15) is 31.4 Å². The largest absolute Gasteiger partial charge is 0.467 e. The molecule has 1 aliphatic heterocycles. The van der Waals surface area contributed by atoms with Crippen molar-refractivity contribution in [1.29, 1.82) is 0 Å². The summed E-state index contributed by atoms with van der Waals surface area (Å²) in [6, 6.07) is 5.84. The third kappa shape index (κ3) is 3.51. The minimum Gasteiger partial charge on any atom is -0.467 e. The van der Waals surface area contributed by atoms with E-state index in [1.807, 2.05) is 12.1 Å². The molecule has 1 atom stereocenters. The van der Waals surface area contributed by atoms with Gasteiger partial charge in [-0.2, -0.15) is 0 Å². The minimum atomic E-state index is -0.312. The Kier molecular flexibility index (Phi) is 5.01. The van der Waals surface area contributed by atoms with E-state index in [-0.39, 0.29) is 12.0 Å². The molecule has 0 fully saturated rings. The molecular formula is C16H23NO3. The van der Waals surface area contributed by atoms with Gasteiger partial charge < -0.3 is 14.8 Å². The second-order valence-corrected chi connectivity index (χ2v) is 5.60. The lowest BCUT2D eigenvalue weighted by atomic mass is 9.99. The molecule has 4 heteroatoms. The molecule has 110 valence electrons. The van der Waals surface area contributed by atoms with Crippen molar-refractivity contribution in [2.75, 3.05) is 19.0 Å². The summed E-state index contributed by atoms with van der Waals surface area (Å²) in [5, 5.41) is 3.33. The SMILES string of the molecule is COC(=O)C(CC(C)C)Nc1cccc2c1COCC2. The maximum Gasteiger partial charge on any atom is 0.328 e. The third-order valence-electron chi connectivity index (χ3n) is 3.56. The van der Waals surface area contributed by atoms with Gasteiger partial charge in [0.05, 0.1) is 20.3 Å². The van der Waals surface area contributed by atoms with E-state index in [0.29, 0.717) is 12.5 Å². The second kappa shape index (κ2) is 6.75. The molecule has 0 aliphatic carbocycles. The van der Waals surface area contributed by atoms with Crippen LogP contribution in [0.3, 0.4) is 0 Å². The van der Waals surface area contributed by atoms with Crippen LogP contribution in [0.25, 0.3) is 0 Å². The molecule has 2 rings (SSSR count). The van der Waals surface area contributed by atoms with E-state index < -0.39 is 0 Å². The van der Waals surface area contributed by atoms with Crippen LogP contribution in [0, 0.1) is 5.92 Å². The monoisotopic (exact) mass is 277 g/mol. The fourth-order valence-electron chi connectivity index (χ4n) is 2.55. The van der Waals surface area contributed by atoms with Gasteiger partial charge in [0.15, 0.2) is 0 Å². The van der Waals surface area contributed by atoms with Crippen molar-refractivity contribution in [3.8, 4) is 0 Å². The number of fused-ring (bicyclic) bond motifs is 1. The lowest BCUT2D eigenvalue weighted by Gasteiger charge is -2.24. The molecule has 0 saturated heterocycles. The summed E-state index contributed by atoms with van der Waals surface area (Å²) in [6.07, 6.45) is 1.68. The Hall–Kier alpha value is -1.55. The van der Waals surface area contributed by atoms with Crippen molar-refractivity contribution in [2.24, 2.45) is 5.92 Å². The van der Waals surface area contributed by atoms with Crippen LogP contribution in [-0.4, -0.2) is 25.7 Å². The van der Waals surface area contributed by atoms with Crippen LogP contribution < -0.4 is 5.32 Å². The lowest BCUT2D eigenvalue weighted by molar-refractivity contribution is -0.141. The molecule has 1 heterocycles. The number of nitrogens with one attached hydrogen (secondary N) is 1. The molecule has 1 N–H and O–H groups in total. The predicted octanol–water partition coefficient (Wildman–Crippen LogP) is 2.76. The Balaban J connectivity index is 2.19. The van der Waals surface area contributed by atoms with E-state index in [0.717, 1.165) is 30.7 Å². The summed E-state index contributed by atoms with van der Waals surface area (Å²) in [7, 11) is 1.43. The van der Waals surface area contributed by atoms with E-state index in [9.17, 15) is 4.79 Å². The van der Waals surface area contributed by atoms with Gasteiger partial charge in [-0.3, -0.25) is 0 Å². The second-order valence-electron chi connectivity index (χ2n) is 5.60. The topological polar surface area (TPSA) is 47.6 Å². The molecule has 20 heavy (non-hydrogen) atoms. The zero-order chi connectivity index (χ0) is 14.5. The first kappa shape index (κ1) is 14.9. The van der Waals surface area contributed by atoms with Gasteiger partial charge in [0.2, 0.25) is 0 Å². The average molecular weight is 277 g/mol. The van der Waals surface area contributed by atoms with Crippen LogP contribution in [-0.2, 0) is 27.3 Å². The molecule has 0 aromatic heterocycles. The molecule has 1 aromatic carbocycles. The van der Waals surface area contributed by atoms with E-state index in [4.69, 9.17) is 9.47 Å². The number of esters is 1. The van der Waals surface area contributed by atoms with Gasteiger partial charge in [-0.15, -0.1) is 0 Å². The van der Waals surface area contributed by atoms with Crippen molar-refractivity contribution in [3.05, 3.63) is 29.3 Å². The summed E-state index contributed by atoms with van der Waals surface area (Å²) in [4.78, 5) is 11.9. The zero-order valence-corrected chi connectivity index (χ0v) is 12.4. The molecule has 1 aliphatic rings. The highest BCUT2D eigenvalue weighted by Gasteiger charge is 2.22. The number of benzene rings is 1. The van der Waals surface area contributed by atoms with Crippen LogP contribution in [0.5, 0.6) is 0 Å². The highest BCUT2D eigenvalue weighted by Crippen LogP contribution is 2.26. The maximum absolute atomic E-state index is 11.9. The Labute approximate surface area is 120 Å². The van der Waals surface area contributed by atoms with Gasteiger partial charge in [-0.25, -0.2) is 4.79 Å². The smallest absolute Gasteiger partial charge is 0.328 e. The lowest BCUT2D eigenvalue weighted by Crippen LogP contribution is -2.32. The Bertz CT molecular complexity index is 471. The molecule has 0 bridgehead atoms. The fourth-order valence-corrected chi connectivity index (χ4v) is 2.55. The number of anilines is 1. The third-order valence-corrected chi connectivity index (χ3v) is 3.56. The Morgan fingerprint density at radius 3 is 2.95 bits per heavy atom. The summed E-state index contributed by atoms with van der Waals surface area (Å²) >= 11 is 0. The fraction of sp³-hybridized carbons (Fsp3) is 0.562. The molecule has 1 aromatic rings. The Morgan fingerprint density at radius 1 is 1.45 bits per heavy atom. The Morgan fingerprint density at radius 2 is 2.25 bits per heavy atom. The van der Waals surface area contributed by atoms with Gasteiger partial charge in [-0.05, 0) is 30.4 Å². The molecule has 0 radical (unpaired) electrons. The molecule has 4 nitrogen and oxygen atoms in total. The molecular weight excluding hydrogens is 254 g/mol. The van der Waals surface area contributed by atoms with Crippen LogP contribution in [0.2, 0.25) is 0 Å². The summed E-state index contributed by atoms with van der Waals surface area (Å²) in [5.74, 6) is 0.204. The first-order chi connectivity index (χ1) is 9.61. The van der Waals surface area contributed by atoms with Crippen molar-refractivity contribution in [1.82, 2.24) is 0 Å². The van der Waals surface area contributed by atoms with Gasteiger partial charge >= 0.3 is 5.97 Å². The standard InChI is InChI=1S/C16H23NO3/c1-11(2)9-15(16(18)19-3)17-14-6-4-5-12-7-8-20-10-13(12)14/h4-6,11,15,17H,7-10H2,1-3H3. The normalized spacial score (nSPS) is 15.6. The molecule has 0 spiro atoms. The van der Waals surface area contributed by atoms with E-state index >= 15 is 0 Å².